The molecule has 0 bridgehead atoms. The molecule has 0 saturated carbocycles. The van der Waals surface area contributed by atoms with Gasteiger partial charge in [0.15, 0.2) is 5.13 Å². The minimum Gasteiger partial charge on any atom is -0.376 e. The molecule has 1 unspecified atom stereocenters. The maximum atomic E-state index is 13.4. The summed E-state index contributed by atoms with van der Waals surface area (Å²) in [7, 11) is 0. The summed E-state index contributed by atoms with van der Waals surface area (Å²) in [6.45, 7) is 1.24. The molecule has 1 aliphatic heterocycles. The van der Waals surface area contributed by atoms with Crippen molar-refractivity contribution in [1.29, 1.82) is 0 Å². The largest absolute Gasteiger partial charge is 0.376 e. The van der Waals surface area contributed by atoms with Gasteiger partial charge in [-0.1, -0.05) is 41.7 Å². The van der Waals surface area contributed by atoms with Crippen molar-refractivity contribution in [3.8, 4) is 5.69 Å². The van der Waals surface area contributed by atoms with Crippen molar-refractivity contribution >= 4 is 32.6 Å². The quantitative estimate of drug-likeness (QED) is 0.497. The third kappa shape index (κ3) is 3.66. The first-order valence-corrected chi connectivity index (χ1v) is 10.5. The predicted molar refractivity (Wildman–Crippen MR) is 114 cm³/mol. The lowest BCUT2D eigenvalue weighted by Crippen LogP contribution is -2.37. The van der Waals surface area contributed by atoms with Crippen LogP contribution in [0.3, 0.4) is 0 Å². The predicted octanol–water partition coefficient (Wildman–Crippen LogP) is 4.31. The second-order valence-electron chi connectivity index (χ2n) is 7.02. The van der Waals surface area contributed by atoms with Gasteiger partial charge in [-0.2, -0.15) is 5.10 Å². The minimum absolute atomic E-state index is 0.0372. The summed E-state index contributed by atoms with van der Waals surface area (Å²) in [6.07, 6.45) is 5.41. The van der Waals surface area contributed by atoms with E-state index in [4.69, 9.17) is 9.72 Å². The first-order chi connectivity index (χ1) is 14.3. The molecule has 3 heterocycles. The molecule has 7 heteroatoms. The number of rotatable bonds is 5. The van der Waals surface area contributed by atoms with Gasteiger partial charge in [-0.05, 0) is 37.1 Å². The van der Waals surface area contributed by atoms with E-state index in [0.717, 1.165) is 35.4 Å². The molecule has 2 aromatic heterocycles. The highest BCUT2D eigenvalue weighted by atomic mass is 32.1. The fourth-order valence-corrected chi connectivity index (χ4v) is 4.50. The number of benzene rings is 2. The topological polar surface area (TPSA) is 60.2 Å². The van der Waals surface area contributed by atoms with Crippen LogP contribution in [0.4, 0.5) is 5.13 Å². The van der Waals surface area contributed by atoms with Crippen LogP contribution in [0.15, 0.2) is 67.0 Å². The Morgan fingerprint density at radius 2 is 2.00 bits per heavy atom. The van der Waals surface area contributed by atoms with Crippen LogP contribution in [0.1, 0.15) is 23.2 Å². The molecule has 0 radical (unpaired) electrons. The van der Waals surface area contributed by atoms with Crippen LogP contribution in [0.25, 0.3) is 15.9 Å². The van der Waals surface area contributed by atoms with Gasteiger partial charge < -0.3 is 4.74 Å². The number of hydrogen-bond acceptors (Lipinski definition) is 5. The van der Waals surface area contributed by atoms with Crippen LogP contribution >= 0.6 is 11.3 Å². The third-order valence-electron chi connectivity index (χ3n) is 5.02. The van der Waals surface area contributed by atoms with Crippen LogP contribution in [0.2, 0.25) is 0 Å². The Balaban J connectivity index is 1.48. The molecular formula is C22H20N4O2S. The van der Waals surface area contributed by atoms with E-state index in [2.05, 4.69) is 5.10 Å². The van der Waals surface area contributed by atoms with Crippen molar-refractivity contribution in [2.45, 2.75) is 18.9 Å². The van der Waals surface area contributed by atoms with E-state index < -0.39 is 0 Å². The fraction of sp³-hybridized carbons (Fsp3) is 0.227. The molecule has 1 aliphatic rings. The van der Waals surface area contributed by atoms with Crippen molar-refractivity contribution in [2.24, 2.45) is 0 Å². The molecule has 6 nitrogen and oxygen atoms in total. The van der Waals surface area contributed by atoms with Gasteiger partial charge in [0.25, 0.3) is 5.91 Å². The van der Waals surface area contributed by atoms with Crippen LogP contribution < -0.4 is 4.90 Å². The fourth-order valence-electron chi connectivity index (χ4n) is 3.53. The van der Waals surface area contributed by atoms with Crippen molar-refractivity contribution < 1.29 is 9.53 Å². The van der Waals surface area contributed by atoms with Crippen LogP contribution in [0.5, 0.6) is 0 Å². The number of carbonyl (C=O) groups is 1. The standard InChI is InChI=1S/C22H20N4O2S/c27-21(16-13-23-26(14-16)17-7-2-1-3-8-17)25(15-18-9-6-12-28-18)22-24-19-10-4-5-11-20(19)29-22/h1-5,7-8,10-11,13-14,18H,6,9,12,15H2. The zero-order valence-corrected chi connectivity index (χ0v) is 16.6. The van der Waals surface area contributed by atoms with Crippen molar-refractivity contribution in [3.05, 3.63) is 72.6 Å². The Hall–Kier alpha value is -3.03. The maximum Gasteiger partial charge on any atom is 0.263 e. The Morgan fingerprint density at radius 3 is 2.79 bits per heavy atom. The molecular weight excluding hydrogens is 384 g/mol. The van der Waals surface area contributed by atoms with Gasteiger partial charge in [-0.25, -0.2) is 9.67 Å². The molecule has 5 rings (SSSR count). The lowest BCUT2D eigenvalue weighted by molar-refractivity contribution is 0.0917. The second kappa shape index (κ2) is 7.77. The van der Waals surface area contributed by atoms with E-state index in [1.807, 2.05) is 54.6 Å². The van der Waals surface area contributed by atoms with Gasteiger partial charge in [0.2, 0.25) is 0 Å². The highest BCUT2D eigenvalue weighted by molar-refractivity contribution is 7.22. The van der Waals surface area contributed by atoms with Gasteiger partial charge in [-0.3, -0.25) is 9.69 Å². The molecule has 1 amide bonds. The van der Waals surface area contributed by atoms with Crippen molar-refractivity contribution in [2.75, 3.05) is 18.1 Å². The molecule has 1 atom stereocenters. The number of ether oxygens (including phenoxy) is 1. The first kappa shape index (κ1) is 18.0. The van der Waals surface area contributed by atoms with Gasteiger partial charge in [0.05, 0.1) is 40.3 Å². The summed E-state index contributed by atoms with van der Waals surface area (Å²) in [5, 5.41) is 5.07. The van der Waals surface area contributed by atoms with E-state index in [-0.39, 0.29) is 12.0 Å². The number of thiazole rings is 1. The molecule has 0 N–H and O–H groups in total. The number of hydrogen-bond donors (Lipinski definition) is 0. The molecule has 146 valence electrons. The van der Waals surface area contributed by atoms with Crippen LogP contribution in [-0.4, -0.2) is 39.9 Å². The van der Waals surface area contributed by atoms with Gasteiger partial charge in [-0.15, -0.1) is 0 Å². The Kier molecular flexibility index (Phi) is 4.83. The number of amides is 1. The third-order valence-corrected chi connectivity index (χ3v) is 6.08. The number of carbonyl (C=O) groups excluding carboxylic acids is 1. The van der Waals surface area contributed by atoms with E-state index >= 15 is 0 Å². The van der Waals surface area contributed by atoms with E-state index in [9.17, 15) is 4.79 Å². The number of para-hydroxylation sites is 2. The van der Waals surface area contributed by atoms with Gasteiger partial charge in [0.1, 0.15) is 0 Å². The maximum absolute atomic E-state index is 13.4. The Labute approximate surface area is 172 Å². The molecule has 29 heavy (non-hydrogen) atoms. The molecule has 4 aromatic rings. The average molecular weight is 404 g/mol. The van der Waals surface area contributed by atoms with Crippen LogP contribution in [-0.2, 0) is 4.74 Å². The summed E-state index contributed by atoms with van der Waals surface area (Å²) in [5.74, 6) is -0.110. The first-order valence-electron chi connectivity index (χ1n) is 9.67. The highest BCUT2D eigenvalue weighted by Crippen LogP contribution is 2.30. The normalized spacial score (nSPS) is 16.3. The van der Waals surface area contributed by atoms with E-state index in [0.29, 0.717) is 17.2 Å². The van der Waals surface area contributed by atoms with Crippen molar-refractivity contribution in [1.82, 2.24) is 14.8 Å². The summed E-state index contributed by atoms with van der Waals surface area (Å²) >= 11 is 1.53. The lowest BCUT2D eigenvalue weighted by Gasteiger charge is -2.22. The zero-order chi connectivity index (χ0) is 19.6. The average Bonchev–Trinajstić information content (AvgIpc) is 3.52. The van der Waals surface area contributed by atoms with Gasteiger partial charge >= 0.3 is 0 Å². The molecule has 1 fully saturated rings. The lowest BCUT2D eigenvalue weighted by atomic mass is 10.2. The molecule has 0 spiro atoms. The van der Waals surface area contributed by atoms with E-state index in [1.165, 1.54) is 11.3 Å². The van der Waals surface area contributed by atoms with Gasteiger partial charge in [0, 0.05) is 12.8 Å². The Bertz CT molecular complexity index is 1100. The zero-order valence-electron chi connectivity index (χ0n) is 15.8. The molecule has 2 aromatic carbocycles. The number of fused-ring (bicyclic) bond motifs is 1. The Morgan fingerprint density at radius 1 is 1.17 bits per heavy atom. The summed E-state index contributed by atoms with van der Waals surface area (Å²) in [6, 6.07) is 17.7. The van der Waals surface area contributed by atoms with Crippen molar-refractivity contribution in [3.63, 3.8) is 0 Å². The second-order valence-corrected chi connectivity index (χ2v) is 8.03. The summed E-state index contributed by atoms with van der Waals surface area (Å²) < 4.78 is 8.58. The smallest absolute Gasteiger partial charge is 0.263 e. The molecule has 0 aliphatic carbocycles. The number of nitrogens with zero attached hydrogens (tertiary/aromatic N) is 4. The van der Waals surface area contributed by atoms with Crippen LogP contribution in [0, 0.1) is 0 Å². The number of aromatic nitrogens is 3. The SMILES string of the molecule is O=C(c1cnn(-c2ccccc2)c1)N(CC1CCCO1)c1nc2ccccc2s1. The summed E-state index contributed by atoms with van der Waals surface area (Å²) in [4.78, 5) is 19.9. The monoisotopic (exact) mass is 404 g/mol. The summed E-state index contributed by atoms with van der Waals surface area (Å²) in [5.41, 5.74) is 2.35. The van der Waals surface area contributed by atoms with E-state index in [1.54, 1.807) is 22.0 Å². The molecule has 1 saturated heterocycles. The number of anilines is 1. The highest BCUT2D eigenvalue weighted by Gasteiger charge is 2.27. The minimum atomic E-state index is -0.110.